The number of thioether (sulfide) groups is 1. The molecule has 1 aromatic carbocycles. The second kappa shape index (κ2) is 9.01. The van der Waals surface area contributed by atoms with E-state index in [9.17, 15) is 26.3 Å². The van der Waals surface area contributed by atoms with Crippen LogP contribution in [-0.2, 0) is 10.3 Å². The third-order valence-electron chi connectivity index (χ3n) is 5.63. The second-order valence-electron chi connectivity index (χ2n) is 7.81. The van der Waals surface area contributed by atoms with Crippen molar-refractivity contribution < 1.29 is 35.8 Å². The average molecular weight is 484 g/mol. The number of rotatable bonds is 6. The number of nitrogens with one attached hydrogen (secondary N) is 3. The van der Waals surface area contributed by atoms with E-state index in [2.05, 4.69) is 21.2 Å². The highest BCUT2D eigenvalue weighted by Crippen LogP contribution is 2.53. The fourth-order valence-corrected chi connectivity index (χ4v) is 4.81. The lowest BCUT2D eigenvalue weighted by Gasteiger charge is -2.44. The van der Waals surface area contributed by atoms with E-state index in [0.29, 0.717) is 12.8 Å². The molecule has 5 atom stereocenters. The van der Waals surface area contributed by atoms with Crippen LogP contribution in [0.5, 0.6) is 5.75 Å². The van der Waals surface area contributed by atoms with Crippen LogP contribution in [-0.4, -0.2) is 48.1 Å². The Kier molecular flexibility index (Phi) is 6.65. The first-order chi connectivity index (χ1) is 15.1. The van der Waals surface area contributed by atoms with Crippen molar-refractivity contribution in [2.45, 2.75) is 67.5 Å². The number of benzene rings is 1. The molecule has 0 aromatic heterocycles. The van der Waals surface area contributed by atoms with Crippen molar-refractivity contribution in [1.29, 1.82) is 0 Å². The smallest absolute Gasteiger partial charge is 0.421 e. The average Bonchev–Trinajstić information content (AvgIpc) is 3.13. The molecule has 0 radical (unpaired) electrons. The van der Waals surface area contributed by atoms with Gasteiger partial charge in [-0.2, -0.15) is 13.2 Å². The molecule has 0 bridgehead atoms. The van der Waals surface area contributed by atoms with Crippen LogP contribution in [0.25, 0.3) is 0 Å². The number of hydrogen-bond acceptors (Lipinski definition) is 7. The van der Waals surface area contributed by atoms with Crippen LogP contribution in [0.2, 0.25) is 0 Å². The summed E-state index contributed by atoms with van der Waals surface area (Å²) in [7, 11) is 0. The van der Waals surface area contributed by atoms with E-state index in [4.69, 9.17) is 9.47 Å². The highest BCUT2D eigenvalue weighted by molar-refractivity contribution is 8.00. The maximum atomic E-state index is 13.9. The van der Waals surface area contributed by atoms with Gasteiger partial charge in [0.25, 0.3) is 6.43 Å². The molecule has 32 heavy (non-hydrogen) atoms. The Morgan fingerprint density at radius 1 is 1.31 bits per heavy atom. The van der Waals surface area contributed by atoms with Crippen LogP contribution in [0.3, 0.4) is 0 Å². The number of ether oxygens (including phenoxy) is 2. The molecule has 2 fully saturated rings. The lowest BCUT2D eigenvalue weighted by molar-refractivity contribution is -0.334. The molecule has 4 rings (SSSR count). The summed E-state index contributed by atoms with van der Waals surface area (Å²) in [5.74, 6) is -1.03. The molecule has 0 saturated carbocycles. The third kappa shape index (κ3) is 4.58. The number of hydrazine groups is 1. The van der Waals surface area contributed by atoms with E-state index in [1.165, 1.54) is 0 Å². The van der Waals surface area contributed by atoms with Gasteiger partial charge in [0.15, 0.2) is 5.60 Å². The minimum absolute atomic E-state index is 0.108. The van der Waals surface area contributed by atoms with Gasteiger partial charge in [0.1, 0.15) is 22.4 Å². The quantitative estimate of drug-likeness (QED) is 0.536. The number of aliphatic imine (C=N–C) groups is 1. The Bertz CT molecular complexity index is 867. The highest BCUT2D eigenvalue weighted by Gasteiger charge is 2.62. The van der Waals surface area contributed by atoms with Crippen LogP contribution in [0.4, 0.5) is 26.3 Å². The van der Waals surface area contributed by atoms with Gasteiger partial charge < -0.3 is 9.47 Å². The van der Waals surface area contributed by atoms with Crippen molar-refractivity contribution in [3.63, 3.8) is 0 Å². The van der Waals surface area contributed by atoms with Crippen molar-refractivity contribution >= 4 is 17.5 Å². The first kappa shape index (κ1) is 23.6. The lowest BCUT2D eigenvalue weighted by Crippen LogP contribution is -2.54. The Morgan fingerprint density at radius 3 is 2.66 bits per heavy atom. The van der Waals surface area contributed by atoms with Crippen LogP contribution in [0, 0.1) is 5.82 Å². The first-order valence-electron chi connectivity index (χ1n) is 10.0. The molecule has 3 aliphatic rings. The topological polar surface area (TPSA) is 66.9 Å². The summed E-state index contributed by atoms with van der Waals surface area (Å²) in [4.78, 5) is 4.42. The summed E-state index contributed by atoms with van der Waals surface area (Å²) in [5.41, 5.74) is 2.26. The van der Waals surface area contributed by atoms with Crippen molar-refractivity contribution in [3.05, 3.63) is 29.6 Å². The molecule has 2 saturated heterocycles. The minimum atomic E-state index is -4.76. The Hall–Kier alpha value is -1.54. The van der Waals surface area contributed by atoms with Gasteiger partial charge in [-0.15, -0.1) is 0 Å². The minimum Gasteiger partial charge on any atom is -0.467 e. The summed E-state index contributed by atoms with van der Waals surface area (Å²) in [6.07, 6.45) is -7.51. The molecular formula is C19H22F6N4O2S. The molecule has 0 spiro atoms. The van der Waals surface area contributed by atoms with E-state index in [-0.39, 0.29) is 18.8 Å². The molecule has 3 N–H and O–H groups in total. The highest BCUT2D eigenvalue weighted by atomic mass is 32.2. The van der Waals surface area contributed by atoms with E-state index >= 15 is 0 Å². The molecule has 5 unspecified atom stereocenters. The summed E-state index contributed by atoms with van der Waals surface area (Å²) in [6, 6.07) is 2.43. The largest absolute Gasteiger partial charge is 0.467 e. The summed E-state index contributed by atoms with van der Waals surface area (Å²) in [6.45, 7) is 1.66. The zero-order valence-corrected chi connectivity index (χ0v) is 17.7. The van der Waals surface area contributed by atoms with Gasteiger partial charge in [-0.05, 0) is 38.0 Å². The van der Waals surface area contributed by atoms with Crippen LogP contribution < -0.4 is 20.9 Å². The third-order valence-corrected chi connectivity index (χ3v) is 6.77. The molecule has 13 heteroatoms. The van der Waals surface area contributed by atoms with Gasteiger partial charge in [0.05, 0.1) is 12.6 Å². The Morgan fingerprint density at radius 2 is 2.06 bits per heavy atom. The molecule has 0 amide bonds. The van der Waals surface area contributed by atoms with Crippen molar-refractivity contribution in [2.24, 2.45) is 4.99 Å². The van der Waals surface area contributed by atoms with Crippen LogP contribution in [0.1, 0.15) is 31.7 Å². The molecule has 3 aliphatic heterocycles. The van der Waals surface area contributed by atoms with Gasteiger partial charge in [-0.25, -0.2) is 24.0 Å². The van der Waals surface area contributed by atoms with Crippen molar-refractivity contribution in [3.8, 4) is 5.75 Å². The normalized spacial score (nSPS) is 33.2. The van der Waals surface area contributed by atoms with Gasteiger partial charge >= 0.3 is 6.18 Å². The number of halogens is 6. The molecule has 178 valence electrons. The summed E-state index contributed by atoms with van der Waals surface area (Å²) < 4.78 is 92.0. The van der Waals surface area contributed by atoms with Gasteiger partial charge in [-0.1, -0.05) is 11.8 Å². The molecule has 6 nitrogen and oxygen atoms in total. The number of alkyl halides is 5. The monoisotopic (exact) mass is 484 g/mol. The van der Waals surface area contributed by atoms with Crippen molar-refractivity contribution in [1.82, 2.24) is 16.2 Å². The number of hydrogen-bond donors (Lipinski definition) is 3. The van der Waals surface area contributed by atoms with Gasteiger partial charge in [0.2, 0.25) is 6.23 Å². The standard InChI is InChI=1S/C19H22F6N4O2S/c1-9-2-4-12(27-17-29-28-16(32-17)14(21)22)15(26-9)31-13-5-3-10(20)8-11(13)18(6-7-30-18)19(23,24)25/h3,5,8,12,14-17,27-29H,2,4,6-7H2,1H3. The fraction of sp³-hybridized carbons (Fsp3) is 0.632. The van der Waals surface area contributed by atoms with E-state index in [0.717, 1.165) is 35.7 Å². The van der Waals surface area contributed by atoms with Crippen molar-refractivity contribution in [2.75, 3.05) is 6.61 Å². The zero-order chi connectivity index (χ0) is 23.1. The molecule has 0 aliphatic carbocycles. The van der Waals surface area contributed by atoms with E-state index < -0.39 is 52.7 Å². The maximum absolute atomic E-state index is 13.9. The number of nitrogens with zero attached hydrogens (tertiary/aromatic N) is 1. The zero-order valence-electron chi connectivity index (χ0n) is 16.9. The van der Waals surface area contributed by atoms with Crippen LogP contribution >= 0.6 is 11.8 Å². The summed E-state index contributed by atoms with van der Waals surface area (Å²) >= 11 is 0.941. The van der Waals surface area contributed by atoms with Crippen LogP contribution in [0.15, 0.2) is 23.2 Å². The van der Waals surface area contributed by atoms with E-state index in [1.807, 2.05) is 0 Å². The first-order valence-corrected chi connectivity index (χ1v) is 10.9. The van der Waals surface area contributed by atoms with Gasteiger partial charge in [0, 0.05) is 17.7 Å². The molecular weight excluding hydrogens is 462 g/mol. The van der Waals surface area contributed by atoms with Gasteiger partial charge in [-0.3, -0.25) is 10.3 Å². The molecule has 1 aromatic rings. The fourth-order valence-electron chi connectivity index (χ4n) is 3.87. The predicted molar refractivity (Wildman–Crippen MR) is 106 cm³/mol. The van der Waals surface area contributed by atoms with E-state index in [1.54, 1.807) is 6.92 Å². The summed E-state index contributed by atoms with van der Waals surface area (Å²) in [5, 5.41) is 2.01. The SMILES string of the molecule is CC1=NC(Oc2ccc(F)cc2C2(C(F)(F)F)CCO2)C(NC2NNC(C(F)F)S2)CC1. The lowest BCUT2D eigenvalue weighted by atomic mass is 9.85. The predicted octanol–water partition coefficient (Wildman–Crippen LogP) is 3.64. The Balaban J connectivity index is 1.57. The Labute approximate surface area is 184 Å². The maximum Gasteiger partial charge on any atom is 0.421 e. The second-order valence-corrected chi connectivity index (χ2v) is 9.06. The molecule has 3 heterocycles.